The Kier molecular flexibility index (Phi) is 5.85. The molecule has 0 aromatic carbocycles. The molecule has 0 radical (unpaired) electrons. The highest BCUT2D eigenvalue weighted by atomic mass is 16.5. The standard InChI is InChI=1S/C16H29NO3/c1-2-7-16(15(18)19)8-11-17(12-9-16)10-3-5-14-6-4-13-20-14/h14H,2-13H2,1H3,(H,18,19). The summed E-state index contributed by atoms with van der Waals surface area (Å²) in [5.74, 6) is -0.585. The quantitative estimate of drug-likeness (QED) is 0.780. The summed E-state index contributed by atoms with van der Waals surface area (Å²) < 4.78 is 5.64. The molecule has 1 atom stereocenters. The Balaban J connectivity index is 1.68. The van der Waals surface area contributed by atoms with Crippen molar-refractivity contribution < 1.29 is 14.6 Å². The van der Waals surface area contributed by atoms with E-state index in [2.05, 4.69) is 11.8 Å². The third kappa shape index (κ3) is 3.95. The second-order valence-corrected chi connectivity index (χ2v) is 6.45. The van der Waals surface area contributed by atoms with E-state index in [1.54, 1.807) is 0 Å². The van der Waals surface area contributed by atoms with Crippen molar-refractivity contribution in [3.05, 3.63) is 0 Å². The molecule has 0 amide bonds. The van der Waals surface area contributed by atoms with Gasteiger partial charge in [-0.05, 0) is 64.6 Å². The number of piperidine rings is 1. The summed E-state index contributed by atoms with van der Waals surface area (Å²) in [6, 6.07) is 0. The number of aliphatic carboxylic acids is 1. The number of carboxylic acids is 1. The molecule has 2 rings (SSSR count). The van der Waals surface area contributed by atoms with Gasteiger partial charge in [-0.2, -0.15) is 0 Å². The molecule has 0 spiro atoms. The predicted molar refractivity (Wildman–Crippen MR) is 78.9 cm³/mol. The van der Waals surface area contributed by atoms with Crippen LogP contribution in [-0.4, -0.2) is 48.3 Å². The van der Waals surface area contributed by atoms with Gasteiger partial charge in [-0.25, -0.2) is 0 Å². The third-order valence-electron chi connectivity index (χ3n) is 5.02. The first-order valence-corrected chi connectivity index (χ1v) is 8.24. The minimum Gasteiger partial charge on any atom is -0.481 e. The Hall–Kier alpha value is -0.610. The Bertz CT molecular complexity index is 305. The Morgan fingerprint density at radius 3 is 2.70 bits per heavy atom. The van der Waals surface area contributed by atoms with E-state index >= 15 is 0 Å². The second kappa shape index (κ2) is 7.41. The van der Waals surface area contributed by atoms with Gasteiger partial charge in [0.25, 0.3) is 0 Å². The van der Waals surface area contributed by atoms with E-state index in [9.17, 15) is 9.90 Å². The molecule has 0 aliphatic carbocycles. The molecular weight excluding hydrogens is 254 g/mol. The van der Waals surface area contributed by atoms with Crippen LogP contribution in [0.2, 0.25) is 0 Å². The van der Waals surface area contributed by atoms with E-state index in [1.165, 1.54) is 19.3 Å². The maximum Gasteiger partial charge on any atom is 0.309 e. The number of nitrogens with zero attached hydrogens (tertiary/aromatic N) is 1. The van der Waals surface area contributed by atoms with Crippen LogP contribution in [0, 0.1) is 5.41 Å². The summed E-state index contributed by atoms with van der Waals surface area (Å²) >= 11 is 0. The van der Waals surface area contributed by atoms with Crippen molar-refractivity contribution in [2.24, 2.45) is 5.41 Å². The minimum atomic E-state index is -0.585. The van der Waals surface area contributed by atoms with Crippen molar-refractivity contribution in [1.29, 1.82) is 0 Å². The van der Waals surface area contributed by atoms with E-state index < -0.39 is 11.4 Å². The fraction of sp³-hybridized carbons (Fsp3) is 0.938. The summed E-state index contributed by atoms with van der Waals surface area (Å²) in [7, 11) is 0. The highest BCUT2D eigenvalue weighted by Crippen LogP contribution is 2.36. The minimum absolute atomic E-state index is 0.445. The number of ether oxygens (including phenoxy) is 1. The van der Waals surface area contributed by atoms with E-state index in [0.717, 1.165) is 58.3 Å². The molecule has 0 bridgehead atoms. The van der Waals surface area contributed by atoms with Gasteiger partial charge in [-0.1, -0.05) is 13.3 Å². The third-order valence-corrected chi connectivity index (χ3v) is 5.02. The van der Waals surface area contributed by atoms with Gasteiger partial charge < -0.3 is 14.7 Å². The van der Waals surface area contributed by atoms with Gasteiger partial charge in [0.05, 0.1) is 11.5 Å². The number of hydrogen-bond acceptors (Lipinski definition) is 3. The van der Waals surface area contributed by atoms with Crippen LogP contribution in [0.15, 0.2) is 0 Å². The van der Waals surface area contributed by atoms with Gasteiger partial charge in [0.2, 0.25) is 0 Å². The first-order chi connectivity index (χ1) is 9.66. The zero-order valence-electron chi connectivity index (χ0n) is 12.8. The van der Waals surface area contributed by atoms with Crippen LogP contribution in [0.5, 0.6) is 0 Å². The monoisotopic (exact) mass is 283 g/mol. The highest BCUT2D eigenvalue weighted by molar-refractivity contribution is 5.74. The number of carboxylic acid groups (broad SMARTS) is 1. The number of rotatable bonds is 7. The summed E-state index contributed by atoms with van der Waals surface area (Å²) in [6.07, 6.45) is 8.68. The topological polar surface area (TPSA) is 49.8 Å². The summed E-state index contributed by atoms with van der Waals surface area (Å²) in [5.41, 5.74) is -0.445. The first kappa shape index (κ1) is 15.8. The zero-order valence-corrected chi connectivity index (χ0v) is 12.8. The van der Waals surface area contributed by atoms with Crippen molar-refractivity contribution in [2.45, 2.75) is 64.4 Å². The van der Waals surface area contributed by atoms with Gasteiger partial charge in [0.15, 0.2) is 0 Å². The zero-order chi connectivity index (χ0) is 14.4. The molecule has 4 nitrogen and oxygen atoms in total. The van der Waals surface area contributed by atoms with Gasteiger partial charge in [0.1, 0.15) is 0 Å². The van der Waals surface area contributed by atoms with Crippen LogP contribution >= 0.6 is 0 Å². The summed E-state index contributed by atoms with van der Waals surface area (Å²) in [5, 5.41) is 9.49. The van der Waals surface area contributed by atoms with E-state index in [-0.39, 0.29) is 0 Å². The van der Waals surface area contributed by atoms with Crippen LogP contribution in [0.1, 0.15) is 58.3 Å². The van der Waals surface area contributed by atoms with Gasteiger partial charge >= 0.3 is 5.97 Å². The maximum absolute atomic E-state index is 11.5. The predicted octanol–water partition coefficient (Wildman–Crippen LogP) is 2.91. The normalized spacial score (nSPS) is 26.8. The largest absolute Gasteiger partial charge is 0.481 e. The number of carbonyl (C=O) groups is 1. The molecule has 4 heteroatoms. The molecule has 2 fully saturated rings. The lowest BCUT2D eigenvalue weighted by Gasteiger charge is -2.39. The molecule has 0 aromatic heterocycles. The number of hydrogen-bond donors (Lipinski definition) is 1. The Morgan fingerprint density at radius 2 is 2.15 bits per heavy atom. The van der Waals surface area contributed by atoms with Crippen LogP contribution in [0.3, 0.4) is 0 Å². The van der Waals surface area contributed by atoms with Crippen molar-refractivity contribution in [1.82, 2.24) is 4.90 Å². The van der Waals surface area contributed by atoms with Crippen LogP contribution in [0.25, 0.3) is 0 Å². The average Bonchev–Trinajstić information content (AvgIpc) is 2.94. The lowest BCUT2D eigenvalue weighted by Crippen LogP contribution is -2.44. The van der Waals surface area contributed by atoms with E-state index in [1.807, 2.05) is 0 Å². The molecule has 1 N–H and O–H groups in total. The van der Waals surface area contributed by atoms with Crippen molar-refractivity contribution in [2.75, 3.05) is 26.2 Å². The first-order valence-electron chi connectivity index (χ1n) is 8.24. The van der Waals surface area contributed by atoms with Crippen molar-refractivity contribution in [3.8, 4) is 0 Å². The molecular formula is C16H29NO3. The smallest absolute Gasteiger partial charge is 0.309 e. The van der Waals surface area contributed by atoms with Crippen LogP contribution < -0.4 is 0 Å². The molecule has 1 unspecified atom stereocenters. The summed E-state index contributed by atoms with van der Waals surface area (Å²) in [4.78, 5) is 14.0. The molecule has 0 saturated carbocycles. The second-order valence-electron chi connectivity index (χ2n) is 6.45. The van der Waals surface area contributed by atoms with E-state index in [0.29, 0.717) is 6.10 Å². The molecule has 2 heterocycles. The highest BCUT2D eigenvalue weighted by Gasteiger charge is 2.40. The van der Waals surface area contributed by atoms with Gasteiger partial charge in [-0.3, -0.25) is 4.79 Å². The Morgan fingerprint density at radius 1 is 1.40 bits per heavy atom. The maximum atomic E-state index is 11.5. The molecule has 2 aliphatic heterocycles. The van der Waals surface area contributed by atoms with Crippen LogP contribution in [0.4, 0.5) is 0 Å². The van der Waals surface area contributed by atoms with Crippen molar-refractivity contribution >= 4 is 5.97 Å². The summed E-state index contributed by atoms with van der Waals surface area (Å²) in [6.45, 7) is 6.00. The van der Waals surface area contributed by atoms with Gasteiger partial charge in [0, 0.05) is 6.61 Å². The van der Waals surface area contributed by atoms with Crippen LogP contribution in [-0.2, 0) is 9.53 Å². The lowest BCUT2D eigenvalue weighted by atomic mass is 9.75. The lowest BCUT2D eigenvalue weighted by molar-refractivity contribution is -0.152. The molecule has 0 aromatic rings. The molecule has 116 valence electrons. The molecule has 20 heavy (non-hydrogen) atoms. The molecule has 2 saturated heterocycles. The average molecular weight is 283 g/mol. The molecule has 2 aliphatic rings. The SMILES string of the molecule is CCCC1(C(=O)O)CCN(CCCC2CCCO2)CC1. The van der Waals surface area contributed by atoms with E-state index in [4.69, 9.17) is 4.74 Å². The fourth-order valence-corrected chi connectivity index (χ4v) is 3.67. The van der Waals surface area contributed by atoms with Gasteiger partial charge in [-0.15, -0.1) is 0 Å². The van der Waals surface area contributed by atoms with Crippen molar-refractivity contribution in [3.63, 3.8) is 0 Å². The number of likely N-dealkylation sites (tertiary alicyclic amines) is 1. The Labute approximate surface area is 122 Å². The fourth-order valence-electron chi connectivity index (χ4n) is 3.67.